The van der Waals surface area contributed by atoms with Gasteiger partial charge in [-0.3, -0.25) is 0 Å². The largest absolute Gasteiger partial charge is 0.417 e. The first-order valence-corrected chi connectivity index (χ1v) is 15.2. The second kappa shape index (κ2) is 17.5. The molecule has 2 heteroatoms. The van der Waals surface area contributed by atoms with Gasteiger partial charge in [-0.25, -0.2) is 0 Å². The smallest absolute Gasteiger partial charge is 0.191 e. The van der Waals surface area contributed by atoms with Crippen LogP contribution in [-0.2, 0) is 4.43 Å². The molecule has 0 N–H and O–H groups in total. The fourth-order valence-electron chi connectivity index (χ4n) is 2.99. The minimum absolute atomic E-state index is 0.340. The van der Waals surface area contributed by atoms with Gasteiger partial charge in [0, 0.05) is 6.61 Å². The Morgan fingerprint density at radius 1 is 0.643 bits per heavy atom. The lowest BCUT2D eigenvalue weighted by Gasteiger charge is -2.36. The van der Waals surface area contributed by atoms with Gasteiger partial charge in [-0.2, -0.15) is 0 Å². The first-order valence-electron chi connectivity index (χ1n) is 12.2. The molecular formula is C26H52OSi. The average molecular weight is 409 g/mol. The fraction of sp³-hybridized carbons (Fsp3) is 0.846. The molecule has 1 nitrogen and oxygen atoms in total. The molecule has 0 aliphatic carbocycles. The number of rotatable bonds is 18. The third-order valence-corrected chi connectivity index (χ3v) is 10.7. The molecule has 0 radical (unpaired) electrons. The van der Waals surface area contributed by atoms with Crippen molar-refractivity contribution in [2.45, 2.75) is 136 Å². The Hall–Kier alpha value is -0.343. The molecule has 0 aliphatic rings. The van der Waals surface area contributed by atoms with Gasteiger partial charge in [0.2, 0.25) is 0 Å². The van der Waals surface area contributed by atoms with Crippen LogP contribution in [0.4, 0.5) is 0 Å². The number of unbranched alkanes of at least 4 members (excludes halogenated alkanes) is 11. The SMILES string of the molecule is CCCCC/C=C\C/C=C\CCCCCCCCCCO[Si](C)(C)C(C)(C)C. The monoisotopic (exact) mass is 408 g/mol. The molecule has 0 saturated heterocycles. The first kappa shape index (κ1) is 27.7. The van der Waals surface area contributed by atoms with Crippen LogP contribution in [0, 0.1) is 0 Å². The van der Waals surface area contributed by atoms with Gasteiger partial charge in [0.15, 0.2) is 8.32 Å². The lowest BCUT2D eigenvalue weighted by atomic mass is 10.1. The second-order valence-electron chi connectivity index (χ2n) is 9.90. The van der Waals surface area contributed by atoms with Crippen LogP contribution < -0.4 is 0 Å². The van der Waals surface area contributed by atoms with E-state index < -0.39 is 8.32 Å². The van der Waals surface area contributed by atoms with Gasteiger partial charge < -0.3 is 4.43 Å². The highest BCUT2D eigenvalue weighted by Gasteiger charge is 2.36. The van der Waals surface area contributed by atoms with Crippen LogP contribution in [0.2, 0.25) is 18.1 Å². The molecule has 0 unspecified atom stereocenters. The maximum atomic E-state index is 6.25. The quantitative estimate of drug-likeness (QED) is 0.125. The van der Waals surface area contributed by atoms with Crippen molar-refractivity contribution in [2.24, 2.45) is 0 Å². The van der Waals surface area contributed by atoms with Crippen molar-refractivity contribution in [1.82, 2.24) is 0 Å². The molecule has 0 amide bonds. The van der Waals surface area contributed by atoms with Gasteiger partial charge in [-0.05, 0) is 56.7 Å². The van der Waals surface area contributed by atoms with E-state index in [2.05, 4.69) is 65.1 Å². The molecule has 0 bridgehead atoms. The normalized spacial score (nSPS) is 13.2. The Morgan fingerprint density at radius 3 is 1.61 bits per heavy atom. The summed E-state index contributed by atoms with van der Waals surface area (Å²) in [7, 11) is -1.53. The molecule has 0 aromatic heterocycles. The summed E-state index contributed by atoms with van der Waals surface area (Å²) in [6, 6.07) is 0. The molecule has 0 aromatic carbocycles. The van der Waals surface area contributed by atoms with Crippen LogP contribution in [-0.4, -0.2) is 14.9 Å². The molecule has 0 atom stereocenters. The summed E-state index contributed by atoms with van der Waals surface area (Å²) in [5.74, 6) is 0. The van der Waals surface area contributed by atoms with Gasteiger partial charge in [-0.1, -0.05) is 103 Å². The molecule has 0 saturated carbocycles. The summed E-state index contributed by atoms with van der Waals surface area (Å²) >= 11 is 0. The Bertz CT molecular complexity index is 390. The molecule has 0 rings (SSSR count). The highest BCUT2D eigenvalue weighted by molar-refractivity contribution is 6.74. The summed E-state index contributed by atoms with van der Waals surface area (Å²) in [5, 5.41) is 0.340. The van der Waals surface area contributed by atoms with Crippen LogP contribution in [0.15, 0.2) is 24.3 Å². The van der Waals surface area contributed by atoms with Crippen LogP contribution in [0.5, 0.6) is 0 Å². The first-order chi connectivity index (χ1) is 13.3. The Morgan fingerprint density at radius 2 is 1.11 bits per heavy atom. The summed E-state index contributed by atoms with van der Waals surface area (Å²) in [6.45, 7) is 14.9. The lowest BCUT2D eigenvalue weighted by Crippen LogP contribution is -2.40. The summed E-state index contributed by atoms with van der Waals surface area (Å²) in [6.07, 6.45) is 28.0. The van der Waals surface area contributed by atoms with Gasteiger partial charge in [0.1, 0.15) is 0 Å². The summed E-state index contributed by atoms with van der Waals surface area (Å²) in [5.41, 5.74) is 0. The van der Waals surface area contributed by atoms with Crippen LogP contribution in [0.1, 0.15) is 118 Å². The number of allylic oxidation sites excluding steroid dienone is 4. The second-order valence-corrected chi connectivity index (χ2v) is 14.7. The topological polar surface area (TPSA) is 9.23 Å². The minimum Gasteiger partial charge on any atom is -0.417 e. The van der Waals surface area contributed by atoms with Gasteiger partial charge >= 0.3 is 0 Å². The van der Waals surface area contributed by atoms with Crippen molar-refractivity contribution in [3.05, 3.63) is 24.3 Å². The number of hydrogen-bond acceptors (Lipinski definition) is 1. The van der Waals surface area contributed by atoms with Crippen molar-refractivity contribution >= 4 is 8.32 Å². The van der Waals surface area contributed by atoms with E-state index in [1.165, 1.54) is 83.5 Å². The van der Waals surface area contributed by atoms with E-state index in [4.69, 9.17) is 4.43 Å². The van der Waals surface area contributed by atoms with Crippen LogP contribution >= 0.6 is 0 Å². The maximum Gasteiger partial charge on any atom is 0.191 e. The minimum atomic E-state index is -1.53. The van der Waals surface area contributed by atoms with Crippen molar-refractivity contribution in [3.63, 3.8) is 0 Å². The average Bonchev–Trinajstić information content (AvgIpc) is 2.62. The Labute approximate surface area is 179 Å². The summed E-state index contributed by atoms with van der Waals surface area (Å²) in [4.78, 5) is 0. The lowest BCUT2D eigenvalue weighted by molar-refractivity contribution is 0.277. The van der Waals surface area contributed by atoms with Crippen molar-refractivity contribution < 1.29 is 4.43 Å². The van der Waals surface area contributed by atoms with Gasteiger partial charge in [0.25, 0.3) is 0 Å². The van der Waals surface area contributed by atoms with E-state index in [-0.39, 0.29) is 0 Å². The maximum absolute atomic E-state index is 6.25. The predicted octanol–water partition coefficient (Wildman–Crippen LogP) is 9.60. The molecule has 0 fully saturated rings. The zero-order valence-electron chi connectivity index (χ0n) is 20.3. The zero-order valence-corrected chi connectivity index (χ0v) is 21.3. The molecule has 0 aromatic rings. The van der Waals surface area contributed by atoms with Gasteiger partial charge in [0.05, 0.1) is 0 Å². The van der Waals surface area contributed by atoms with Crippen molar-refractivity contribution in [1.29, 1.82) is 0 Å². The Balaban J connectivity index is 3.33. The third kappa shape index (κ3) is 16.6. The van der Waals surface area contributed by atoms with E-state index in [1.54, 1.807) is 0 Å². The van der Waals surface area contributed by atoms with E-state index in [9.17, 15) is 0 Å². The highest BCUT2D eigenvalue weighted by atomic mass is 28.4. The molecule has 166 valence electrons. The third-order valence-electron chi connectivity index (χ3n) is 6.11. The zero-order chi connectivity index (χ0) is 21.1. The number of hydrogen-bond donors (Lipinski definition) is 0. The molecule has 0 spiro atoms. The molecule has 0 heterocycles. The molecule has 0 aliphatic heterocycles. The molecular weight excluding hydrogens is 356 g/mol. The Kier molecular flexibility index (Phi) is 17.3. The van der Waals surface area contributed by atoms with E-state index in [0.717, 1.165) is 13.0 Å². The van der Waals surface area contributed by atoms with Crippen molar-refractivity contribution in [2.75, 3.05) is 6.61 Å². The van der Waals surface area contributed by atoms with Gasteiger partial charge in [-0.15, -0.1) is 0 Å². The van der Waals surface area contributed by atoms with E-state index in [1.807, 2.05) is 0 Å². The predicted molar refractivity (Wildman–Crippen MR) is 132 cm³/mol. The fourth-order valence-corrected chi connectivity index (χ4v) is 4.08. The van der Waals surface area contributed by atoms with E-state index in [0.29, 0.717) is 5.04 Å². The summed E-state index contributed by atoms with van der Waals surface area (Å²) < 4.78 is 6.25. The van der Waals surface area contributed by atoms with Crippen LogP contribution in [0.25, 0.3) is 0 Å². The van der Waals surface area contributed by atoms with E-state index >= 15 is 0 Å². The highest BCUT2D eigenvalue weighted by Crippen LogP contribution is 2.36. The molecule has 28 heavy (non-hydrogen) atoms. The van der Waals surface area contributed by atoms with Crippen molar-refractivity contribution in [3.8, 4) is 0 Å². The van der Waals surface area contributed by atoms with Crippen LogP contribution in [0.3, 0.4) is 0 Å². The standard InChI is InChI=1S/C26H52OSi/c1-7-8-9-10-11-12-13-14-15-16-17-18-19-20-21-22-23-24-25-27-28(5,6)26(2,3)4/h11-12,14-15H,7-10,13,16-25H2,1-6H3/b12-11-,15-14-.